The van der Waals surface area contributed by atoms with Gasteiger partial charge in [-0.3, -0.25) is 9.59 Å². The van der Waals surface area contributed by atoms with Crippen molar-refractivity contribution in [1.29, 1.82) is 0 Å². The molecule has 1 aromatic rings. The molecule has 4 nitrogen and oxygen atoms in total. The van der Waals surface area contributed by atoms with E-state index in [0.717, 1.165) is 29.8 Å². The first-order valence-electron chi connectivity index (χ1n) is 8.91. The number of fused-ring (bicyclic) bond motifs is 1. The number of anilines is 1. The van der Waals surface area contributed by atoms with Crippen LogP contribution in [0.25, 0.3) is 0 Å². The lowest BCUT2D eigenvalue weighted by molar-refractivity contribution is -0.118. The Bertz CT molecular complexity index is 591. The zero-order valence-electron chi connectivity index (χ0n) is 13.9. The highest BCUT2D eigenvalue weighted by Gasteiger charge is 2.27. The lowest BCUT2D eigenvalue weighted by atomic mass is 9.89. The number of benzene rings is 1. The second-order valence-electron chi connectivity index (χ2n) is 6.67. The second-order valence-corrected chi connectivity index (χ2v) is 6.67. The lowest BCUT2D eigenvalue weighted by Gasteiger charge is -2.22. The van der Waals surface area contributed by atoms with Crippen LogP contribution in [0, 0.1) is 5.92 Å². The van der Waals surface area contributed by atoms with Crippen molar-refractivity contribution in [2.24, 2.45) is 5.92 Å². The fraction of sp³-hybridized carbons (Fsp3) is 0.579. The van der Waals surface area contributed by atoms with Crippen LogP contribution in [0.2, 0.25) is 0 Å². The van der Waals surface area contributed by atoms with Gasteiger partial charge >= 0.3 is 0 Å². The molecule has 3 rings (SSSR count). The summed E-state index contributed by atoms with van der Waals surface area (Å²) in [5.41, 5.74) is 2.68. The zero-order chi connectivity index (χ0) is 16.2. The van der Waals surface area contributed by atoms with Crippen LogP contribution in [0.15, 0.2) is 18.2 Å². The topological polar surface area (TPSA) is 49.4 Å². The largest absolute Gasteiger partial charge is 0.352 e. The van der Waals surface area contributed by atoms with Crippen LogP contribution in [0.1, 0.15) is 61.4 Å². The number of carbonyl (C=O) groups excluding carboxylic acids is 2. The normalized spacial score (nSPS) is 17.9. The van der Waals surface area contributed by atoms with Gasteiger partial charge in [0.25, 0.3) is 5.91 Å². The summed E-state index contributed by atoms with van der Waals surface area (Å²) in [6.07, 6.45) is 7.63. The number of carbonyl (C=O) groups is 2. The molecular formula is C19H26N2O2. The molecule has 2 aliphatic rings. The minimum Gasteiger partial charge on any atom is -0.352 e. The second kappa shape index (κ2) is 7.16. The van der Waals surface area contributed by atoms with Crippen LogP contribution in [-0.2, 0) is 11.2 Å². The minimum atomic E-state index is 0.0122. The van der Waals surface area contributed by atoms with E-state index in [1.807, 2.05) is 30.0 Å². The van der Waals surface area contributed by atoms with Crippen molar-refractivity contribution in [3.05, 3.63) is 29.3 Å². The molecule has 1 saturated carbocycles. The monoisotopic (exact) mass is 314 g/mol. The maximum Gasteiger partial charge on any atom is 0.251 e. The molecule has 0 atom stereocenters. The highest BCUT2D eigenvalue weighted by Crippen LogP contribution is 2.31. The van der Waals surface area contributed by atoms with Gasteiger partial charge in [0.15, 0.2) is 0 Å². The standard InChI is InChI=1S/C19H26N2O2/c1-2-18(22)21-12-11-15-16(9-6-10-17(15)21)19(23)20-13-14-7-4-3-5-8-14/h6,9-10,14H,2-5,7-8,11-13H2,1H3,(H,20,23). The average Bonchev–Trinajstić information content (AvgIpc) is 3.04. The summed E-state index contributed by atoms with van der Waals surface area (Å²) < 4.78 is 0. The van der Waals surface area contributed by atoms with Gasteiger partial charge in [0.2, 0.25) is 5.91 Å². The molecule has 1 heterocycles. The van der Waals surface area contributed by atoms with E-state index in [1.165, 1.54) is 32.1 Å². The molecule has 1 fully saturated rings. The maximum absolute atomic E-state index is 12.6. The molecule has 0 spiro atoms. The van der Waals surface area contributed by atoms with Crippen LogP contribution in [0.4, 0.5) is 5.69 Å². The number of hydrogen-bond acceptors (Lipinski definition) is 2. The van der Waals surface area contributed by atoms with Gasteiger partial charge in [-0.1, -0.05) is 32.3 Å². The van der Waals surface area contributed by atoms with Crippen molar-refractivity contribution < 1.29 is 9.59 Å². The molecule has 0 radical (unpaired) electrons. The van der Waals surface area contributed by atoms with Gasteiger partial charge in [0, 0.05) is 30.8 Å². The van der Waals surface area contributed by atoms with Gasteiger partial charge in [-0.05, 0) is 42.9 Å². The zero-order valence-corrected chi connectivity index (χ0v) is 13.9. The van der Waals surface area contributed by atoms with Gasteiger partial charge < -0.3 is 10.2 Å². The lowest BCUT2D eigenvalue weighted by Crippen LogP contribution is -2.31. The predicted octanol–water partition coefficient (Wildman–Crippen LogP) is 3.30. The van der Waals surface area contributed by atoms with E-state index in [2.05, 4.69) is 5.32 Å². The van der Waals surface area contributed by atoms with Crippen molar-refractivity contribution in [3.63, 3.8) is 0 Å². The molecule has 1 aliphatic carbocycles. The minimum absolute atomic E-state index is 0.0122. The van der Waals surface area contributed by atoms with Gasteiger partial charge in [0.05, 0.1) is 0 Å². The van der Waals surface area contributed by atoms with Crippen LogP contribution in [0.5, 0.6) is 0 Å². The Kier molecular flexibility index (Phi) is 4.99. The number of nitrogens with zero attached hydrogens (tertiary/aromatic N) is 1. The summed E-state index contributed by atoms with van der Waals surface area (Å²) in [6, 6.07) is 5.72. The maximum atomic E-state index is 12.6. The number of hydrogen-bond donors (Lipinski definition) is 1. The molecule has 0 unspecified atom stereocenters. The fourth-order valence-corrected chi connectivity index (χ4v) is 3.82. The molecule has 124 valence electrons. The molecule has 1 N–H and O–H groups in total. The van der Waals surface area contributed by atoms with Crippen molar-refractivity contribution in [2.45, 2.75) is 51.9 Å². The molecule has 4 heteroatoms. The first kappa shape index (κ1) is 16.0. The predicted molar refractivity (Wildman–Crippen MR) is 91.7 cm³/mol. The van der Waals surface area contributed by atoms with Crippen molar-refractivity contribution >= 4 is 17.5 Å². The van der Waals surface area contributed by atoms with Crippen LogP contribution in [-0.4, -0.2) is 24.9 Å². The SMILES string of the molecule is CCC(=O)N1CCc2c(C(=O)NCC3CCCCC3)cccc21. The Hall–Kier alpha value is -1.84. The van der Waals surface area contributed by atoms with E-state index < -0.39 is 0 Å². The molecule has 0 bridgehead atoms. The third-order valence-electron chi connectivity index (χ3n) is 5.15. The van der Waals surface area contributed by atoms with Crippen molar-refractivity contribution in [1.82, 2.24) is 5.32 Å². The van der Waals surface area contributed by atoms with Crippen LogP contribution in [0.3, 0.4) is 0 Å². The van der Waals surface area contributed by atoms with E-state index in [-0.39, 0.29) is 11.8 Å². The van der Waals surface area contributed by atoms with Gasteiger partial charge in [-0.15, -0.1) is 0 Å². The molecule has 0 saturated heterocycles. The first-order valence-corrected chi connectivity index (χ1v) is 8.91. The molecule has 1 aromatic carbocycles. The van der Waals surface area contributed by atoms with Gasteiger partial charge in [0.1, 0.15) is 0 Å². The Morgan fingerprint density at radius 1 is 1.22 bits per heavy atom. The van der Waals surface area contributed by atoms with Crippen LogP contribution < -0.4 is 10.2 Å². The summed E-state index contributed by atoms with van der Waals surface area (Å²) in [4.78, 5) is 26.4. The highest BCUT2D eigenvalue weighted by molar-refractivity contribution is 6.01. The third-order valence-corrected chi connectivity index (χ3v) is 5.15. The third kappa shape index (κ3) is 3.41. The summed E-state index contributed by atoms with van der Waals surface area (Å²) in [5, 5.41) is 3.11. The Labute approximate surface area is 138 Å². The Morgan fingerprint density at radius 3 is 2.74 bits per heavy atom. The molecule has 23 heavy (non-hydrogen) atoms. The van der Waals surface area contributed by atoms with E-state index in [0.29, 0.717) is 18.9 Å². The van der Waals surface area contributed by atoms with E-state index in [9.17, 15) is 9.59 Å². The highest BCUT2D eigenvalue weighted by atomic mass is 16.2. The number of rotatable bonds is 4. The summed E-state index contributed by atoms with van der Waals surface area (Å²) in [5.74, 6) is 0.768. The smallest absolute Gasteiger partial charge is 0.251 e. The molecule has 1 aliphatic heterocycles. The van der Waals surface area contributed by atoms with Crippen LogP contribution >= 0.6 is 0 Å². The summed E-state index contributed by atoms with van der Waals surface area (Å²) in [6.45, 7) is 3.34. The Balaban J connectivity index is 1.69. The molecular weight excluding hydrogens is 288 g/mol. The van der Waals surface area contributed by atoms with E-state index in [4.69, 9.17) is 0 Å². The Morgan fingerprint density at radius 2 is 2.00 bits per heavy atom. The van der Waals surface area contributed by atoms with E-state index in [1.54, 1.807) is 0 Å². The van der Waals surface area contributed by atoms with E-state index >= 15 is 0 Å². The van der Waals surface area contributed by atoms with Crippen molar-refractivity contribution in [2.75, 3.05) is 18.0 Å². The average molecular weight is 314 g/mol. The van der Waals surface area contributed by atoms with Crippen molar-refractivity contribution in [3.8, 4) is 0 Å². The summed E-state index contributed by atoms with van der Waals surface area (Å²) >= 11 is 0. The first-order chi connectivity index (χ1) is 11.2. The summed E-state index contributed by atoms with van der Waals surface area (Å²) in [7, 11) is 0. The number of nitrogens with one attached hydrogen (secondary N) is 1. The van der Waals surface area contributed by atoms with Gasteiger partial charge in [-0.25, -0.2) is 0 Å². The molecule has 0 aromatic heterocycles. The number of amides is 2. The quantitative estimate of drug-likeness (QED) is 0.927. The van der Waals surface area contributed by atoms with Gasteiger partial charge in [-0.2, -0.15) is 0 Å². The fourth-order valence-electron chi connectivity index (χ4n) is 3.82. The molecule has 2 amide bonds.